The summed E-state index contributed by atoms with van der Waals surface area (Å²) in [6.45, 7) is 0. The second-order valence-corrected chi connectivity index (χ2v) is 7.22. The number of hydrogen-bond donors (Lipinski definition) is 4. The first-order valence-corrected chi connectivity index (χ1v) is 9.52. The van der Waals surface area contributed by atoms with Crippen LogP contribution < -0.4 is 11.5 Å². The van der Waals surface area contributed by atoms with Crippen molar-refractivity contribution in [3.63, 3.8) is 0 Å². The number of benzene rings is 2. The Morgan fingerprint density at radius 3 is 1.48 bits per heavy atom. The molecule has 0 bridgehead atoms. The summed E-state index contributed by atoms with van der Waals surface area (Å²) < 4.78 is 0. The van der Waals surface area contributed by atoms with E-state index in [1.165, 1.54) is 0 Å². The molecule has 1 saturated heterocycles. The molecule has 5 nitrogen and oxygen atoms in total. The fraction of sp³-hybridized carbons (Fsp3) is 0.0952. The molecule has 1 aliphatic heterocycles. The molecule has 0 aliphatic carbocycles. The average Bonchev–Trinajstić information content (AvgIpc) is 2.66. The number of nitrogen functional groups attached to an aromatic ring is 2. The van der Waals surface area contributed by atoms with Gasteiger partial charge in [0.05, 0.1) is 0 Å². The Balaban J connectivity index is 1.82. The normalized spacial score (nSPS) is 17.3. The van der Waals surface area contributed by atoms with Gasteiger partial charge in [-0.3, -0.25) is 15.6 Å². The summed E-state index contributed by atoms with van der Waals surface area (Å²) in [6.07, 6.45) is 3.79. The molecule has 0 unspecified atom stereocenters. The lowest BCUT2D eigenvalue weighted by Crippen LogP contribution is -2.16. The van der Waals surface area contributed by atoms with Crippen LogP contribution in [0.5, 0.6) is 0 Å². The van der Waals surface area contributed by atoms with Crippen molar-refractivity contribution in [2.45, 2.75) is 0 Å². The van der Waals surface area contributed by atoms with Crippen LogP contribution in [0.2, 0.25) is 0 Å². The predicted molar refractivity (Wildman–Crippen MR) is 113 cm³/mol. The van der Waals surface area contributed by atoms with Gasteiger partial charge >= 0.3 is 0 Å². The van der Waals surface area contributed by atoms with Gasteiger partial charge in [0.15, 0.2) is 5.78 Å². The van der Waals surface area contributed by atoms with Gasteiger partial charge in [-0.05, 0) is 23.3 Å². The van der Waals surface area contributed by atoms with Crippen molar-refractivity contribution in [1.82, 2.24) is 0 Å². The highest BCUT2D eigenvalue weighted by Crippen LogP contribution is 2.27. The molecule has 0 saturated carbocycles. The second kappa shape index (κ2) is 8.05. The first-order valence-electron chi connectivity index (χ1n) is 8.36. The number of thioether (sulfide) groups is 1. The van der Waals surface area contributed by atoms with E-state index in [0.29, 0.717) is 22.6 Å². The minimum Gasteiger partial charge on any atom is -0.384 e. The smallest absolute Gasteiger partial charge is 0.186 e. The van der Waals surface area contributed by atoms with Gasteiger partial charge in [-0.25, -0.2) is 0 Å². The number of carbonyl (C=O) groups is 1. The first-order chi connectivity index (χ1) is 12.9. The van der Waals surface area contributed by atoms with E-state index in [9.17, 15) is 4.79 Å². The largest absolute Gasteiger partial charge is 0.384 e. The maximum Gasteiger partial charge on any atom is 0.186 e. The van der Waals surface area contributed by atoms with Crippen LogP contribution in [-0.2, 0) is 4.79 Å². The molecule has 0 amide bonds. The average molecular weight is 376 g/mol. The van der Waals surface area contributed by atoms with E-state index in [2.05, 4.69) is 0 Å². The number of nitrogens with two attached hydrogens (primary N) is 2. The van der Waals surface area contributed by atoms with Crippen molar-refractivity contribution in [3.05, 3.63) is 81.9 Å². The highest BCUT2D eigenvalue weighted by atomic mass is 32.2. The number of hydrogen-bond acceptors (Lipinski definition) is 4. The van der Waals surface area contributed by atoms with Crippen LogP contribution in [0.4, 0.5) is 0 Å². The lowest BCUT2D eigenvalue weighted by atomic mass is 9.99. The van der Waals surface area contributed by atoms with Crippen LogP contribution in [0.1, 0.15) is 22.3 Å². The van der Waals surface area contributed by atoms with Gasteiger partial charge in [0, 0.05) is 33.8 Å². The Labute approximate surface area is 162 Å². The highest BCUT2D eigenvalue weighted by Gasteiger charge is 2.20. The molecule has 6 heteroatoms. The molecule has 1 heterocycles. The first kappa shape index (κ1) is 18.7. The molecule has 1 aliphatic rings. The third-order valence-electron chi connectivity index (χ3n) is 4.22. The number of Topliss-reactive ketones (excluding diaryl/α,β-unsaturated/α-hetero) is 1. The summed E-state index contributed by atoms with van der Waals surface area (Å²) in [7, 11) is 0. The van der Waals surface area contributed by atoms with Gasteiger partial charge in [0.25, 0.3) is 0 Å². The second-order valence-electron chi connectivity index (χ2n) is 6.23. The Morgan fingerprint density at radius 1 is 0.778 bits per heavy atom. The Kier molecular flexibility index (Phi) is 5.57. The van der Waals surface area contributed by atoms with Gasteiger partial charge in [-0.1, -0.05) is 48.5 Å². The Bertz CT molecular complexity index is 879. The number of carbonyl (C=O) groups excluding carboxylic acids is 1. The topological polar surface area (TPSA) is 117 Å². The molecular formula is C21H20N4OS. The summed E-state index contributed by atoms with van der Waals surface area (Å²) >= 11 is 1.70. The molecular weight excluding hydrogens is 356 g/mol. The standard InChI is InChI=1S/C21H20N4OS/c22-20(23)15-5-1-13(2-6-15)9-17-11-27-12-18(19(17)26)10-14-3-7-16(8-4-14)21(24)25/h1-10H,11-12H2,(H3,22,23)(H3,24,25)/b17-9+,18-10+. The molecule has 1 fully saturated rings. The van der Waals surface area contributed by atoms with Crippen LogP contribution in [0, 0.1) is 10.8 Å². The van der Waals surface area contributed by atoms with E-state index >= 15 is 0 Å². The van der Waals surface area contributed by atoms with Gasteiger partial charge in [0.2, 0.25) is 0 Å². The third kappa shape index (κ3) is 4.54. The summed E-state index contributed by atoms with van der Waals surface area (Å²) in [4.78, 5) is 12.8. The fourth-order valence-electron chi connectivity index (χ4n) is 2.74. The molecule has 2 aromatic rings. The Hall–Kier alpha value is -3.12. The SMILES string of the molecule is N=C(N)c1ccc(/C=C2\CSC/C(=C\c3ccc(C(=N)N)cc3)C2=O)cc1. The molecule has 27 heavy (non-hydrogen) atoms. The zero-order chi connectivity index (χ0) is 19.4. The number of nitrogens with one attached hydrogen (secondary N) is 2. The number of amidine groups is 2. The van der Waals surface area contributed by atoms with Crippen molar-refractivity contribution >= 4 is 41.4 Å². The van der Waals surface area contributed by atoms with Crippen LogP contribution in [-0.4, -0.2) is 29.0 Å². The van der Waals surface area contributed by atoms with E-state index < -0.39 is 0 Å². The molecule has 0 aromatic heterocycles. The monoisotopic (exact) mass is 376 g/mol. The summed E-state index contributed by atoms with van der Waals surface area (Å²) in [5.74, 6) is 1.46. The molecule has 0 spiro atoms. The van der Waals surface area contributed by atoms with Gasteiger partial charge in [0.1, 0.15) is 11.7 Å². The molecule has 2 aromatic carbocycles. The van der Waals surface area contributed by atoms with E-state index in [4.69, 9.17) is 22.3 Å². The minimum atomic E-state index is 0.0273. The number of ketones is 1. The van der Waals surface area contributed by atoms with Gasteiger partial charge in [-0.15, -0.1) is 0 Å². The van der Waals surface area contributed by atoms with Crippen LogP contribution in [0.3, 0.4) is 0 Å². The van der Waals surface area contributed by atoms with Crippen LogP contribution in [0.25, 0.3) is 12.2 Å². The van der Waals surface area contributed by atoms with Crippen molar-refractivity contribution in [2.75, 3.05) is 11.5 Å². The van der Waals surface area contributed by atoms with E-state index in [0.717, 1.165) is 22.3 Å². The lowest BCUT2D eigenvalue weighted by Gasteiger charge is -2.16. The van der Waals surface area contributed by atoms with E-state index in [-0.39, 0.29) is 17.5 Å². The maximum atomic E-state index is 12.8. The molecule has 0 atom stereocenters. The van der Waals surface area contributed by atoms with Gasteiger partial charge in [-0.2, -0.15) is 11.8 Å². The van der Waals surface area contributed by atoms with Gasteiger partial charge < -0.3 is 11.5 Å². The fourth-order valence-corrected chi connectivity index (χ4v) is 3.71. The maximum absolute atomic E-state index is 12.8. The molecule has 136 valence electrons. The quantitative estimate of drug-likeness (QED) is 0.373. The summed E-state index contributed by atoms with van der Waals surface area (Å²) in [6, 6.07) is 14.6. The predicted octanol–water partition coefficient (Wildman–Crippen LogP) is 3.04. The zero-order valence-electron chi connectivity index (χ0n) is 14.7. The molecule has 3 rings (SSSR count). The summed E-state index contributed by atoms with van der Waals surface area (Å²) in [5.41, 5.74) is 15.6. The van der Waals surface area contributed by atoms with Crippen molar-refractivity contribution < 1.29 is 4.79 Å². The zero-order valence-corrected chi connectivity index (χ0v) is 15.5. The van der Waals surface area contributed by atoms with Crippen molar-refractivity contribution in [3.8, 4) is 0 Å². The minimum absolute atomic E-state index is 0.0273. The third-order valence-corrected chi connectivity index (χ3v) is 5.25. The van der Waals surface area contributed by atoms with Crippen molar-refractivity contribution in [1.29, 1.82) is 10.8 Å². The van der Waals surface area contributed by atoms with Crippen molar-refractivity contribution in [2.24, 2.45) is 11.5 Å². The highest BCUT2D eigenvalue weighted by molar-refractivity contribution is 7.99. The molecule has 0 radical (unpaired) electrons. The van der Waals surface area contributed by atoms with Crippen LogP contribution in [0.15, 0.2) is 59.7 Å². The van der Waals surface area contributed by atoms with Crippen LogP contribution >= 0.6 is 11.8 Å². The number of rotatable bonds is 4. The molecule has 6 N–H and O–H groups in total. The van der Waals surface area contributed by atoms with E-state index in [1.807, 2.05) is 36.4 Å². The lowest BCUT2D eigenvalue weighted by molar-refractivity contribution is -0.112. The summed E-state index contributed by atoms with van der Waals surface area (Å²) in [5, 5.41) is 14.9. The van der Waals surface area contributed by atoms with E-state index in [1.54, 1.807) is 36.0 Å². The Morgan fingerprint density at radius 2 is 1.15 bits per heavy atom.